The Hall–Kier alpha value is -3.09. The fourth-order valence-corrected chi connectivity index (χ4v) is 4.31. The van der Waals surface area contributed by atoms with Crippen LogP contribution in [-0.2, 0) is 9.59 Å². The minimum absolute atomic E-state index is 0.0332. The van der Waals surface area contributed by atoms with E-state index < -0.39 is 29.6 Å². The summed E-state index contributed by atoms with van der Waals surface area (Å²) in [5, 5.41) is 4.34. The van der Waals surface area contributed by atoms with Crippen LogP contribution in [0.15, 0.2) is 72.8 Å². The molecule has 1 heterocycles. The highest BCUT2D eigenvalue weighted by Crippen LogP contribution is 2.27. The molecule has 1 saturated heterocycles. The van der Waals surface area contributed by atoms with Crippen LogP contribution in [-0.4, -0.2) is 33.9 Å². The molecule has 2 N–H and O–H groups in total. The van der Waals surface area contributed by atoms with E-state index in [-0.39, 0.29) is 17.1 Å². The van der Waals surface area contributed by atoms with Gasteiger partial charge in [0.05, 0.1) is 12.1 Å². The van der Waals surface area contributed by atoms with E-state index in [1.165, 1.54) is 23.1 Å². The first-order valence-electron chi connectivity index (χ1n) is 10.3. The monoisotopic (exact) mass is 622 g/mol. The van der Waals surface area contributed by atoms with Crippen LogP contribution >= 0.6 is 46.4 Å². The lowest BCUT2D eigenvalue weighted by molar-refractivity contribution is -0.124. The molecule has 1 aliphatic rings. The Labute approximate surface area is 224 Å². The van der Waals surface area contributed by atoms with E-state index in [2.05, 4.69) is 33.3 Å². The predicted octanol–water partition coefficient (Wildman–Crippen LogP) is 4.76. The third-order valence-corrected chi connectivity index (χ3v) is 6.47. The second-order valence-corrected chi connectivity index (χ2v) is 9.58. The van der Waals surface area contributed by atoms with E-state index in [1.807, 2.05) is 12.1 Å². The molecular formula is C24H17ClFIN4O3S. The Kier molecular flexibility index (Phi) is 7.63. The Morgan fingerprint density at radius 2 is 1.74 bits per heavy atom. The van der Waals surface area contributed by atoms with Gasteiger partial charge in [-0.25, -0.2) is 9.40 Å². The van der Waals surface area contributed by atoms with Gasteiger partial charge in [0.1, 0.15) is 11.9 Å². The molecule has 1 aliphatic heterocycles. The fraction of sp³-hybridized carbons (Fsp3) is 0.0833. The van der Waals surface area contributed by atoms with Crippen molar-refractivity contribution >= 4 is 80.6 Å². The molecule has 0 radical (unpaired) electrons. The summed E-state index contributed by atoms with van der Waals surface area (Å²) < 4.78 is 14.6. The number of benzene rings is 3. The van der Waals surface area contributed by atoms with Gasteiger partial charge in [-0.3, -0.25) is 24.7 Å². The van der Waals surface area contributed by atoms with Gasteiger partial charge in [-0.1, -0.05) is 17.7 Å². The average molecular weight is 623 g/mol. The lowest BCUT2D eigenvalue weighted by Crippen LogP contribution is -2.49. The lowest BCUT2D eigenvalue weighted by Gasteiger charge is -2.24. The van der Waals surface area contributed by atoms with E-state index >= 15 is 0 Å². The summed E-state index contributed by atoms with van der Waals surface area (Å²) in [4.78, 5) is 40.2. The molecule has 3 aromatic rings. The van der Waals surface area contributed by atoms with E-state index in [0.29, 0.717) is 16.4 Å². The number of amides is 3. The molecule has 1 atom stereocenters. The molecule has 1 unspecified atom stereocenters. The maximum Gasteiger partial charge on any atom is 0.269 e. The van der Waals surface area contributed by atoms with Crippen molar-refractivity contribution in [2.45, 2.75) is 12.5 Å². The highest BCUT2D eigenvalue weighted by Gasteiger charge is 2.45. The number of hydrogen-bond acceptors (Lipinski definition) is 4. The Morgan fingerprint density at radius 1 is 1.06 bits per heavy atom. The van der Waals surface area contributed by atoms with Crippen LogP contribution in [0.3, 0.4) is 0 Å². The van der Waals surface area contributed by atoms with Crippen molar-refractivity contribution in [3.63, 3.8) is 0 Å². The van der Waals surface area contributed by atoms with Gasteiger partial charge in [0.2, 0.25) is 11.0 Å². The Morgan fingerprint density at radius 3 is 2.40 bits per heavy atom. The van der Waals surface area contributed by atoms with Gasteiger partial charge in [0, 0.05) is 19.8 Å². The van der Waals surface area contributed by atoms with Crippen LogP contribution in [0.25, 0.3) is 0 Å². The number of hydrazine groups is 1. The molecule has 0 bridgehead atoms. The van der Waals surface area contributed by atoms with Gasteiger partial charge in [-0.2, -0.15) is 0 Å². The van der Waals surface area contributed by atoms with Gasteiger partial charge in [-0.15, -0.1) is 0 Å². The molecule has 3 amide bonds. The van der Waals surface area contributed by atoms with Crippen LogP contribution in [0.1, 0.15) is 16.8 Å². The third-order valence-electron chi connectivity index (χ3n) is 5.11. The molecule has 11 heteroatoms. The number of halogens is 3. The normalized spacial score (nSPS) is 15.3. The number of nitrogens with zero attached hydrogens (tertiary/aromatic N) is 2. The number of carbonyl (C=O) groups is 3. The molecule has 0 aliphatic carbocycles. The summed E-state index contributed by atoms with van der Waals surface area (Å²) >= 11 is 13.6. The van der Waals surface area contributed by atoms with Crippen molar-refractivity contribution in [3.8, 4) is 0 Å². The molecule has 4 rings (SSSR count). The number of hydrogen-bond donors (Lipinski definition) is 2. The van der Waals surface area contributed by atoms with Crippen molar-refractivity contribution < 1.29 is 18.8 Å². The maximum atomic E-state index is 13.6. The Bertz CT molecular complexity index is 1310. The standard InChI is InChI=1S/C24H17ClFIN4O3S/c25-15-4-10-19(11-5-15)30-23(34)20(13-21(32)28-18-8-6-17(27)7-9-18)31(24(30)35)29-22(33)14-2-1-3-16(26)12-14/h1-12,20H,13H2,(H,28,32)(H,29,33). The van der Waals surface area contributed by atoms with Gasteiger partial charge in [0.15, 0.2) is 0 Å². The molecule has 178 valence electrons. The molecule has 7 nitrogen and oxygen atoms in total. The summed E-state index contributed by atoms with van der Waals surface area (Å²) in [6, 6.07) is 17.5. The van der Waals surface area contributed by atoms with Crippen molar-refractivity contribution in [3.05, 3.63) is 92.8 Å². The van der Waals surface area contributed by atoms with E-state index in [1.54, 1.807) is 36.4 Å². The topological polar surface area (TPSA) is 81.8 Å². The molecule has 0 spiro atoms. The zero-order chi connectivity index (χ0) is 25.1. The van der Waals surface area contributed by atoms with Gasteiger partial charge in [-0.05, 0) is 102 Å². The quantitative estimate of drug-likeness (QED) is 0.306. The Balaban J connectivity index is 1.60. The minimum atomic E-state index is -1.13. The smallest absolute Gasteiger partial charge is 0.269 e. The van der Waals surface area contributed by atoms with Crippen molar-refractivity contribution in [1.82, 2.24) is 10.4 Å². The van der Waals surface area contributed by atoms with E-state index in [9.17, 15) is 18.8 Å². The average Bonchev–Trinajstić information content (AvgIpc) is 3.05. The van der Waals surface area contributed by atoms with Gasteiger partial charge in [0.25, 0.3) is 11.8 Å². The van der Waals surface area contributed by atoms with Crippen LogP contribution in [0.2, 0.25) is 5.02 Å². The highest BCUT2D eigenvalue weighted by atomic mass is 127. The first-order chi connectivity index (χ1) is 16.7. The second-order valence-electron chi connectivity index (χ2n) is 7.53. The summed E-state index contributed by atoms with van der Waals surface area (Å²) in [6.45, 7) is 0. The summed E-state index contributed by atoms with van der Waals surface area (Å²) in [7, 11) is 0. The van der Waals surface area contributed by atoms with Crippen LogP contribution < -0.4 is 15.6 Å². The maximum absolute atomic E-state index is 13.6. The summed E-state index contributed by atoms with van der Waals surface area (Å²) in [6.07, 6.45) is -0.293. The number of rotatable bonds is 6. The first-order valence-corrected chi connectivity index (χ1v) is 12.1. The molecule has 1 fully saturated rings. The van der Waals surface area contributed by atoms with Crippen LogP contribution in [0.4, 0.5) is 15.8 Å². The van der Waals surface area contributed by atoms with Crippen molar-refractivity contribution in [2.24, 2.45) is 0 Å². The number of carbonyl (C=O) groups excluding carboxylic acids is 3. The number of nitrogens with one attached hydrogen (secondary N) is 2. The zero-order valence-corrected chi connectivity index (χ0v) is 21.6. The van der Waals surface area contributed by atoms with Crippen LogP contribution in [0, 0.1) is 9.39 Å². The van der Waals surface area contributed by atoms with Crippen molar-refractivity contribution in [1.29, 1.82) is 0 Å². The molecule has 0 saturated carbocycles. The lowest BCUT2D eigenvalue weighted by atomic mass is 10.1. The summed E-state index contributed by atoms with van der Waals surface area (Å²) in [5.74, 6) is -2.22. The second kappa shape index (κ2) is 10.7. The van der Waals surface area contributed by atoms with Crippen molar-refractivity contribution in [2.75, 3.05) is 10.2 Å². The summed E-state index contributed by atoms with van der Waals surface area (Å²) in [5.41, 5.74) is 3.58. The first kappa shape index (κ1) is 25.0. The predicted molar refractivity (Wildman–Crippen MR) is 143 cm³/mol. The molecule has 0 aromatic heterocycles. The zero-order valence-electron chi connectivity index (χ0n) is 17.9. The van der Waals surface area contributed by atoms with E-state index in [4.69, 9.17) is 23.8 Å². The fourth-order valence-electron chi connectivity index (χ4n) is 3.45. The largest absolute Gasteiger partial charge is 0.326 e. The van der Waals surface area contributed by atoms with E-state index in [0.717, 1.165) is 14.6 Å². The van der Waals surface area contributed by atoms with Crippen LogP contribution in [0.5, 0.6) is 0 Å². The number of thiocarbonyl (C=S) groups is 1. The highest BCUT2D eigenvalue weighted by molar-refractivity contribution is 14.1. The minimum Gasteiger partial charge on any atom is -0.326 e. The molecule has 3 aromatic carbocycles. The van der Waals surface area contributed by atoms with Gasteiger partial charge >= 0.3 is 0 Å². The molecular weight excluding hydrogens is 606 g/mol. The van der Waals surface area contributed by atoms with Gasteiger partial charge < -0.3 is 5.32 Å². The number of anilines is 2. The SMILES string of the molecule is O=C(CC1C(=O)N(c2ccc(Cl)cc2)C(=S)N1NC(=O)c1cccc(F)c1)Nc1ccc(I)cc1. The molecule has 35 heavy (non-hydrogen) atoms. The third kappa shape index (κ3) is 5.77.